The molecule has 1 unspecified atom stereocenters. The average molecular weight is 556 g/mol. The number of hydrogen-bond acceptors (Lipinski definition) is 10. The van der Waals surface area contributed by atoms with Crippen molar-refractivity contribution in [3.8, 4) is 34.3 Å². The standard InChI is InChI=1S/C27H18FN7O4S/c1-14(35(27(36)37)17-4-3-16(10-30)31-11-17)13-39-22-8-23-20(7-19(22)28)34-26(40-23)18-5-15(9-29)6-21-25(18)32-12-24(33-21)38-2/h3-8,11-12,14H,13H2,1-2H3,(H,36,37). The second-order valence-electron chi connectivity index (χ2n) is 8.51. The summed E-state index contributed by atoms with van der Waals surface area (Å²) in [7, 11) is 1.47. The summed E-state index contributed by atoms with van der Waals surface area (Å²) in [5.74, 6) is -0.440. The molecule has 0 radical (unpaired) electrons. The van der Waals surface area contributed by atoms with Crippen molar-refractivity contribution in [3.05, 3.63) is 65.9 Å². The third-order valence-electron chi connectivity index (χ3n) is 5.90. The minimum absolute atomic E-state index is 0.0713. The van der Waals surface area contributed by atoms with Crippen molar-refractivity contribution in [1.82, 2.24) is 19.9 Å². The van der Waals surface area contributed by atoms with Crippen LogP contribution >= 0.6 is 11.3 Å². The highest BCUT2D eigenvalue weighted by molar-refractivity contribution is 7.21. The lowest BCUT2D eigenvalue weighted by molar-refractivity contribution is 0.194. The van der Waals surface area contributed by atoms with Gasteiger partial charge in [-0.15, -0.1) is 11.3 Å². The zero-order valence-corrected chi connectivity index (χ0v) is 21.8. The van der Waals surface area contributed by atoms with Crippen LogP contribution in [0.15, 0.2) is 48.8 Å². The molecule has 0 saturated carbocycles. The average Bonchev–Trinajstić information content (AvgIpc) is 3.37. The minimum Gasteiger partial charge on any atom is -0.488 e. The number of fused-ring (bicyclic) bond motifs is 2. The first-order valence-electron chi connectivity index (χ1n) is 11.7. The molecule has 3 aromatic heterocycles. The number of aromatic nitrogens is 4. The molecule has 0 aliphatic heterocycles. The van der Waals surface area contributed by atoms with Crippen LogP contribution in [0.3, 0.4) is 0 Å². The molecule has 5 rings (SSSR count). The molecule has 1 atom stereocenters. The summed E-state index contributed by atoms with van der Waals surface area (Å²) in [6.45, 7) is 1.45. The van der Waals surface area contributed by atoms with Crippen LogP contribution in [0.5, 0.6) is 11.6 Å². The van der Waals surface area contributed by atoms with Gasteiger partial charge in [0.15, 0.2) is 11.6 Å². The number of thiazole rings is 1. The first-order valence-corrected chi connectivity index (χ1v) is 12.5. The first-order chi connectivity index (χ1) is 19.3. The van der Waals surface area contributed by atoms with Crippen molar-refractivity contribution in [1.29, 1.82) is 10.5 Å². The Morgan fingerprint density at radius 2 is 1.95 bits per heavy atom. The molecule has 0 aliphatic carbocycles. The van der Waals surface area contributed by atoms with Crippen molar-refractivity contribution < 1.29 is 23.8 Å². The van der Waals surface area contributed by atoms with Gasteiger partial charge < -0.3 is 14.6 Å². The van der Waals surface area contributed by atoms with Gasteiger partial charge in [0.1, 0.15) is 23.4 Å². The Morgan fingerprint density at radius 1 is 1.12 bits per heavy atom. The summed E-state index contributed by atoms with van der Waals surface area (Å²) in [6.07, 6.45) is 1.49. The van der Waals surface area contributed by atoms with E-state index in [1.807, 2.05) is 6.07 Å². The van der Waals surface area contributed by atoms with Gasteiger partial charge in [0, 0.05) is 17.7 Å². The maximum atomic E-state index is 15.0. The van der Waals surface area contributed by atoms with E-state index in [1.54, 1.807) is 19.1 Å². The zero-order valence-electron chi connectivity index (χ0n) is 21.0. The number of carbonyl (C=O) groups is 1. The SMILES string of the molecule is COc1cnc2c(-c3nc4cc(F)c(OCC(C)N(C(=O)O)c5ccc(C#N)nc5)cc4s3)cc(C#N)cc2n1. The van der Waals surface area contributed by atoms with Crippen LogP contribution < -0.4 is 14.4 Å². The van der Waals surface area contributed by atoms with Crippen molar-refractivity contribution in [2.24, 2.45) is 0 Å². The molecule has 40 heavy (non-hydrogen) atoms. The summed E-state index contributed by atoms with van der Waals surface area (Å²) in [5, 5.41) is 28.7. The first kappa shape index (κ1) is 26.2. The highest BCUT2D eigenvalue weighted by Gasteiger charge is 2.23. The quantitative estimate of drug-likeness (QED) is 0.285. The monoisotopic (exact) mass is 555 g/mol. The number of nitrogens with zero attached hydrogens (tertiary/aromatic N) is 7. The molecule has 198 valence electrons. The Labute approximate surface area is 230 Å². The number of halogens is 1. The number of ether oxygens (including phenoxy) is 2. The van der Waals surface area contributed by atoms with Crippen LogP contribution in [0.2, 0.25) is 0 Å². The molecular weight excluding hydrogens is 537 g/mol. The molecular formula is C27H18FN7O4S. The molecule has 0 spiro atoms. The van der Waals surface area contributed by atoms with E-state index in [0.29, 0.717) is 43.3 Å². The normalized spacial score (nSPS) is 11.5. The molecule has 13 heteroatoms. The second-order valence-corrected chi connectivity index (χ2v) is 9.54. The predicted octanol–water partition coefficient (Wildman–Crippen LogP) is 5.14. The molecule has 2 aromatic carbocycles. The maximum absolute atomic E-state index is 15.0. The Morgan fingerprint density at radius 3 is 2.62 bits per heavy atom. The molecule has 1 N–H and O–H groups in total. The van der Waals surface area contributed by atoms with E-state index >= 15 is 0 Å². The summed E-state index contributed by atoms with van der Waals surface area (Å²) >= 11 is 1.26. The Kier molecular flexibility index (Phi) is 7.05. The number of anilines is 1. The van der Waals surface area contributed by atoms with Gasteiger partial charge in [-0.25, -0.2) is 29.1 Å². The summed E-state index contributed by atoms with van der Waals surface area (Å²) < 4.78 is 26.4. The van der Waals surface area contributed by atoms with Crippen molar-refractivity contribution in [3.63, 3.8) is 0 Å². The minimum atomic E-state index is -1.25. The highest BCUT2D eigenvalue weighted by atomic mass is 32.1. The smallest absolute Gasteiger partial charge is 0.412 e. The number of methoxy groups -OCH3 is 1. The topological polar surface area (TPSA) is 158 Å². The summed E-state index contributed by atoms with van der Waals surface area (Å²) in [4.78, 5) is 30.2. The maximum Gasteiger partial charge on any atom is 0.412 e. The molecule has 0 bridgehead atoms. The van der Waals surface area contributed by atoms with E-state index in [1.165, 1.54) is 55.1 Å². The lowest BCUT2D eigenvalue weighted by Crippen LogP contribution is -2.41. The van der Waals surface area contributed by atoms with Crippen LogP contribution in [0.4, 0.5) is 14.9 Å². The lowest BCUT2D eigenvalue weighted by Gasteiger charge is -2.26. The number of rotatable bonds is 7. The molecule has 3 heterocycles. The number of pyridine rings is 1. The fourth-order valence-corrected chi connectivity index (χ4v) is 5.01. The highest BCUT2D eigenvalue weighted by Crippen LogP contribution is 2.37. The summed E-state index contributed by atoms with van der Waals surface area (Å²) in [5.41, 5.74) is 2.66. The van der Waals surface area contributed by atoms with Crippen molar-refractivity contribution in [2.75, 3.05) is 18.6 Å². The molecule has 1 amide bonds. The number of amides is 1. The number of nitriles is 2. The van der Waals surface area contributed by atoms with Crippen molar-refractivity contribution >= 4 is 44.4 Å². The third-order valence-corrected chi connectivity index (χ3v) is 6.95. The van der Waals surface area contributed by atoms with Gasteiger partial charge in [0.25, 0.3) is 0 Å². The van der Waals surface area contributed by atoms with Crippen LogP contribution in [0.1, 0.15) is 18.2 Å². The molecule has 0 aliphatic rings. The van der Waals surface area contributed by atoms with Gasteiger partial charge in [0.05, 0.1) is 64.1 Å². The van der Waals surface area contributed by atoms with E-state index in [0.717, 1.165) is 4.90 Å². The van der Waals surface area contributed by atoms with E-state index in [-0.39, 0.29) is 23.7 Å². The van der Waals surface area contributed by atoms with Crippen LogP contribution in [0, 0.1) is 28.5 Å². The zero-order chi connectivity index (χ0) is 28.4. The van der Waals surface area contributed by atoms with Gasteiger partial charge >= 0.3 is 6.09 Å². The van der Waals surface area contributed by atoms with Crippen LogP contribution in [-0.2, 0) is 0 Å². The van der Waals surface area contributed by atoms with E-state index in [9.17, 15) is 19.6 Å². The number of hydrogen-bond donors (Lipinski definition) is 1. The lowest BCUT2D eigenvalue weighted by atomic mass is 10.1. The fraction of sp³-hybridized carbons (Fsp3) is 0.148. The van der Waals surface area contributed by atoms with E-state index in [4.69, 9.17) is 14.7 Å². The predicted molar refractivity (Wildman–Crippen MR) is 144 cm³/mol. The van der Waals surface area contributed by atoms with E-state index < -0.39 is 18.0 Å². The van der Waals surface area contributed by atoms with Gasteiger partial charge in [-0.2, -0.15) is 10.5 Å². The van der Waals surface area contributed by atoms with Crippen molar-refractivity contribution in [2.45, 2.75) is 13.0 Å². The van der Waals surface area contributed by atoms with Gasteiger partial charge in [-0.05, 0) is 31.2 Å². The Balaban J connectivity index is 1.44. The second kappa shape index (κ2) is 10.8. The van der Waals surface area contributed by atoms with Gasteiger partial charge in [-0.3, -0.25) is 4.90 Å². The van der Waals surface area contributed by atoms with Crippen LogP contribution in [0.25, 0.3) is 31.8 Å². The Bertz CT molecular complexity index is 1850. The molecule has 0 fully saturated rings. The number of benzene rings is 2. The molecule has 5 aromatic rings. The fourth-order valence-electron chi connectivity index (χ4n) is 4.02. The Hall–Kier alpha value is -5.40. The van der Waals surface area contributed by atoms with E-state index in [2.05, 4.69) is 26.0 Å². The summed E-state index contributed by atoms with van der Waals surface area (Å²) in [6, 6.07) is 12.1. The molecule has 11 nitrogen and oxygen atoms in total. The third kappa shape index (κ3) is 5.01. The number of carboxylic acid groups (broad SMARTS) is 1. The van der Waals surface area contributed by atoms with Crippen LogP contribution in [-0.4, -0.2) is 50.9 Å². The molecule has 0 saturated heterocycles. The largest absolute Gasteiger partial charge is 0.488 e. The van der Waals surface area contributed by atoms with Gasteiger partial charge in [0.2, 0.25) is 5.88 Å². The van der Waals surface area contributed by atoms with Gasteiger partial charge in [-0.1, -0.05) is 0 Å².